The van der Waals surface area contributed by atoms with Crippen molar-refractivity contribution in [3.63, 3.8) is 0 Å². The molecule has 0 amide bonds. The Morgan fingerprint density at radius 2 is 2.16 bits per heavy atom. The van der Waals surface area contributed by atoms with Crippen LogP contribution in [0.15, 0.2) is 18.3 Å². The predicted molar refractivity (Wildman–Crippen MR) is 68.0 cm³/mol. The zero-order chi connectivity index (χ0) is 14.0. The molecule has 7 heteroatoms. The Labute approximate surface area is 110 Å². The number of nitrogens with two attached hydrogens (primary N) is 1. The van der Waals surface area contributed by atoms with Crippen LogP contribution in [-0.4, -0.2) is 27.8 Å². The molecule has 0 bridgehead atoms. The zero-order valence-electron chi connectivity index (χ0n) is 10.9. The van der Waals surface area contributed by atoms with Gasteiger partial charge >= 0.3 is 5.97 Å². The molecular formula is C12H14N4O3. The number of esters is 1. The van der Waals surface area contributed by atoms with Crippen LogP contribution in [0.4, 0.5) is 5.69 Å². The number of ether oxygens (including phenoxy) is 2. The van der Waals surface area contributed by atoms with Crippen LogP contribution in [0, 0.1) is 6.92 Å². The van der Waals surface area contributed by atoms with Gasteiger partial charge in [0.2, 0.25) is 11.8 Å². The minimum atomic E-state index is -0.532. The molecule has 2 aromatic heterocycles. The number of rotatable bonds is 3. The topological polar surface area (TPSA) is 92.3 Å². The van der Waals surface area contributed by atoms with E-state index in [9.17, 15) is 4.79 Å². The molecule has 7 nitrogen and oxygen atoms in total. The fourth-order valence-corrected chi connectivity index (χ4v) is 1.51. The monoisotopic (exact) mass is 262 g/mol. The van der Waals surface area contributed by atoms with Crippen molar-refractivity contribution in [3.05, 3.63) is 29.6 Å². The molecule has 100 valence electrons. The number of aromatic nitrogens is 3. The van der Waals surface area contributed by atoms with Crippen molar-refractivity contribution >= 4 is 11.7 Å². The van der Waals surface area contributed by atoms with E-state index >= 15 is 0 Å². The number of pyridine rings is 1. The van der Waals surface area contributed by atoms with Gasteiger partial charge in [-0.1, -0.05) is 0 Å². The van der Waals surface area contributed by atoms with Crippen LogP contribution >= 0.6 is 0 Å². The third-order valence-electron chi connectivity index (χ3n) is 2.45. The minimum absolute atomic E-state index is 0.158. The van der Waals surface area contributed by atoms with Crippen molar-refractivity contribution in [2.24, 2.45) is 7.05 Å². The van der Waals surface area contributed by atoms with Crippen LogP contribution in [-0.2, 0) is 11.8 Å². The molecule has 0 aliphatic heterocycles. The second kappa shape index (κ2) is 4.97. The maximum atomic E-state index is 11.3. The molecule has 0 spiro atoms. The number of carbonyl (C=O) groups excluding carboxylic acids is 1. The van der Waals surface area contributed by atoms with Crippen LogP contribution in [0.25, 0.3) is 0 Å². The third kappa shape index (κ3) is 2.65. The highest BCUT2D eigenvalue weighted by molar-refractivity contribution is 5.87. The Morgan fingerprint density at radius 3 is 2.79 bits per heavy atom. The van der Waals surface area contributed by atoms with Gasteiger partial charge in [0.1, 0.15) is 0 Å². The second-order valence-corrected chi connectivity index (χ2v) is 3.99. The van der Waals surface area contributed by atoms with Crippen molar-refractivity contribution in [1.29, 1.82) is 0 Å². The summed E-state index contributed by atoms with van der Waals surface area (Å²) in [7, 11) is 2.93. The average Bonchev–Trinajstić information content (AvgIpc) is 2.73. The molecule has 0 radical (unpaired) electrons. The molecule has 2 heterocycles. The number of hydrogen-bond donors (Lipinski definition) is 1. The van der Waals surface area contributed by atoms with Gasteiger partial charge < -0.3 is 15.2 Å². The fraction of sp³-hybridized carbons (Fsp3) is 0.250. The highest BCUT2D eigenvalue weighted by Crippen LogP contribution is 2.25. The molecule has 2 aromatic rings. The first-order valence-corrected chi connectivity index (χ1v) is 5.53. The highest BCUT2D eigenvalue weighted by atomic mass is 16.5. The van der Waals surface area contributed by atoms with Gasteiger partial charge in [0.25, 0.3) is 0 Å². The van der Waals surface area contributed by atoms with Crippen molar-refractivity contribution in [2.75, 3.05) is 12.8 Å². The second-order valence-electron chi connectivity index (χ2n) is 3.99. The number of nitrogens with zero attached hydrogens (tertiary/aromatic N) is 3. The quantitative estimate of drug-likeness (QED) is 0.838. The fourth-order valence-electron chi connectivity index (χ4n) is 1.51. The van der Waals surface area contributed by atoms with Crippen LogP contribution in [0.1, 0.15) is 16.1 Å². The molecule has 0 unspecified atom stereocenters. The van der Waals surface area contributed by atoms with Gasteiger partial charge in [0, 0.05) is 19.3 Å². The lowest BCUT2D eigenvalue weighted by Gasteiger charge is -2.07. The third-order valence-corrected chi connectivity index (χ3v) is 2.45. The lowest BCUT2D eigenvalue weighted by atomic mass is 10.3. The van der Waals surface area contributed by atoms with Crippen molar-refractivity contribution in [3.8, 4) is 11.8 Å². The molecule has 0 aliphatic rings. The molecule has 2 N–H and O–H groups in total. The average molecular weight is 262 g/mol. The summed E-state index contributed by atoms with van der Waals surface area (Å²) in [6.07, 6.45) is 1.64. The largest absolute Gasteiger partial charge is 0.464 e. The molecule has 0 fully saturated rings. The van der Waals surface area contributed by atoms with Gasteiger partial charge in [-0.3, -0.25) is 0 Å². The van der Waals surface area contributed by atoms with E-state index in [1.807, 2.05) is 6.92 Å². The highest BCUT2D eigenvalue weighted by Gasteiger charge is 2.15. The van der Waals surface area contributed by atoms with E-state index in [4.69, 9.17) is 10.5 Å². The van der Waals surface area contributed by atoms with E-state index in [2.05, 4.69) is 14.8 Å². The number of hydrogen-bond acceptors (Lipinski definition) is 6. The predicted octanol–water partition coefficient (Wildman–Crippen LogP) is 1.28. The molecule has 19 heavy (non-hydrogen) atoms. The van der Waals surface area contributed by atoms with E-state index < -0.39 is 5.97 Å². The van der Waals surface area contributed by atoms with Crippen LogP contribution in [0.3, 0.4) is 0 Å². The van der Waals surface area contributed by atoms with Gasteiger partial charge in [0.05, 0.1) is 12.8 Å². The molecule has 0 saturated heterocycles. The Bertz CT molecular complexity index is 621. The first kappa shape index (κ1) is 12.9. The Balaban J connectivity index is 2.28. The van der Waals surface area contributed by atoms with Gasteiger partial charge in [-0.2, -0.15) is 5.10 Å². The maximum absolute atomic E-state index is 11.3. The minimum Gasteiger partial charge on any atom is -0.464 e. The van der Waals surface area contributed by atoms with Gasteiger partial charge in [0.15, 0.2) is 5.69 Å². The number of methoxy groups -OCH3 is 1. The normalized spacial score (nSPS) is 10.3. The zero-order valence-corrected chi connectivity index (χ0v) is 10.9. The van der Waals surface area contributed by atoms with Crippen LogP contribution in [0.2, 0.25) is 0 Å². The molecule has 0 aliphatic carbocycles. The number of nitrogen functional groups attached to an aromatic ring is 1. The van der Waals surface area contributed by atoms with E-state index in [1.165, 1.54) is 17.9 Å². The summed E-state index contributed by atoms with van der Waals surface area (Å²) < 4.78 is 11.5. The van der Waals surface area contributed by atoms with Crippen molar-refractivity contribution < 1.29 is 14.3 Å². The SMILES string of the molecule is COC(=O)c1cc(Oc2ncc(C)cc2N)n(C)n1. The Hall–Kier alpha value is -2.57. The summed E-state index contributed by atoms with van der Waals surface area (Å²) in [6, 6.07) is 3.22. The Kier molecular flexibility index (Phi) is 3.37. The van der Waals surface area contributed by atoms with Gasteiger partial charge in [-0.05, 0) is 18.6 Å². The number of carbonyl (C=O) groups is 1. The summed E-state index contributed by atoms with van der Waals surface area (Å²) in [6.45, 7) is 1.88. The summed E-state index contributed by atoms with van der Waals surface area (Å²) in [5.41, 5.74) is 7.31. The van der Waals surface area contributed by atoms with Crippen LogP contribution in [0.5, 0.6) is 11.8 Å². The lowest BCUT2D eigenvalue weighted by molar-refractivity contribution is 0.0593. The number of aryl methyl sites for hydroxylation is 2. The summed E-state index contributed by atoms with van der Waals surface area (Å²) >= 11 is 0. The molecule has 0 aromatic carbocycles. The van der Waals surface area contributed by atoms with E-state index in [1.54, 1.807) is 19.3 Å². The van der Waals surface area contributed by atoms with Crippen molar-refractivity contribution in [1.82, 2.24) is 14.8 Å². The first-order valence-electron chi connectivity index (χ1n) is 5.53. The summed E-state index contributed by atoms with van der Waals surface area (Å²) in [5, 5.41) is 3.97. The smallest absolute Gasteiger partial charge is 0.358 e. The number of anilines is 1. The van der Waals surface area contributed by atoms with E-state index in [-0.39, 0.29) is 11.6 Å². The van der Waals surface area contributed by atoms with Crippen molar-refractivity contribution in [2.45, 2.75) is 6.92 Å². The Morgan fingerprint density at radius 1 is 1.42 bits per heavy atom. The maximum Gasteiger partial charge on any atom is 0.358 e. The van der Waals surface area contributed by atoms with E-state index in [0.29, 0.717) is 11.6 Å². The summed E-state index contributed by atoms with van der Waals surface area (Å²) in [5.74, 6) is 0.0868. The first-order chi connectivity index (χ1) is 9.01. The van der Waals surface area contributed by atoms with Gasteiger partial charge in [-0.15, -0.1) is 0 Å². The summed E-state index contributed by atoms with van der Waals surface area (Å²) in [4.78, 5) is 15.4. The molecule has 0 atom stereocenters. The molecular weight excluding hydrogens is 248 g/mol. The molecule has 0 saturated carbocycles. The lowest BCUT2D eigenvalue weighted by Crippen LogP contribution is -2.03. The molecule has 2 rings (SSSR count). The van der Waals surface area contributed by atoms with Gasteiger partial charge in [-0.25, -0.2) is 14.5 Å². The van der Waals surface area contributed by atoms with E-state index in [0.717, 1.165) is 5.56 Å². The standard InChI is InChI=1S/C12H14N4O3/c1-7-4-8(13)11(14-6-7)19-10-5-9(12(17)18-3)15-16(10)2/h4-6H,13H2,1-3H3. The van der Waals surface area contributed by atoms with Crippen LogP contribution < -0.4 is 10.5 Å².